The molecule has 4 aromatic heterocycles. The van der Waals surface area contributed by atoms with Crippen molar-refractivity contribution >= 4 is 77.9 Å². The molecule has 48 heavy (non-hydrogen) atoms. The predicted molar refractivity (Wildman–Crippen MR) is 196 cm³/mol. The van der Waals surface area contributed by atoms with Gasteiger partial charge in [-0.05, 0) is 98.6 Å². The van der Waals surface area contributed by atoms with Crippen LogP contribution in [0.1, 0.15) is 20.3 Å². The molecule has 9 aromatic rings. The van der Waals surface area contributed by atoms with Crippen molar-refractivity contribution in [2.24, 2.45) is 0 Å². The van der Waals surface area contributed by atoms with Crippen molar-refractivity contribution in [3.8, 4) is 5.69 Å². The molecule has 1 atom stereocenters. The molecule has 0 aliphatic heterocycles. The van der Waals surface area contributed by atoms with E-state index in [0.717, 1.165) is 83.7 Å². The lowest BCUT2D eigenvalue weighted by Gasteiger charge is -2.44. The van der Waals surface area contributed by atoms with Crippen molar-refractivity contribution in [2.45, 2.75) is 25.8 Å². The fourth-order valence-electron chi connectivity index (χ4n) is 7.94. The van der Waals surface area contributed by atoms with Gasteiger partial charge in [0.2, 0.25) is 0 Å². The number of hydrogen-bond acceptors (Lipinski definition) is 4. The van der Waals surface area contributed by atoms with E-state index < -0.39 is 0 Å². The molecule has 0 radical (unpaired) electrons. The Balaban J connectivity index is 1.23. The van der Waals surface area contributed by atoms with E-state index in [9.17, 15) is 0 Å². The monoisotopic (exact) mass is 621 g/mol. The number of furan rings is 2. The van der Waals surface area contributed by atoms with Crippen molar-refractivity contribution in [1.82, 2.24) is 9.55 Å². The Morgan fingerprint density at radius 2 is 1.44 bits per heavy atom. The minimum absolute atomic E-state index is 0.340. The number of fused-ring (bicyclic) bond motifs is 10. The molecule has 0 spiro atoms. The van der Waals surface area contributed by atoms with Gasteiger partial charge in [-0.3, -0.25) is 4.98 Å². The summed E-state index contributed by atoms with van der Waals surface area (Å²) in [6.45, 7) is 4.58. The smallest absolute Gasteiger partial charge is 0.153 e. The van der Waals surface area contributed by atoms with Gasteiger partial charge >= 0.3 is 0 Å². The number of rotatable bonds is 4. The number of hydrogen-bond donors (Lipinski definition) is 0. The summed E-state index contributed by atoms with van der Waals surface area (Å²) < 4.78 is 15.5. The number of anilines is 2. The summed E-state index contributed by atoms with van der Waals surface area (Å²) in [7, 11) is 0. The van der Waals surface area contributed by atoms with Gasteiger partial charge in [-0.15, -0.1) is 0 Å². The lowest BCUT2D eigenvalue weighted by molar-refractivity contribution is 0.532. The predicted octanol–water partition coefficient (Wildman–Crippen LogP) is 9.78. The molecule has 4 heterocycles. The number of pyridine rings is 1. The Labute approximate surface area is 276 Å². The first-order valence-corrected chi connectivity index (χ1v) is 16.4. The van der Waals surface area contributed by atoms with Gasteiger partial charge < -0.3 is 18.3 Å². The first kappa shape index (κ1) is 27.1. The summed E-state index contributed by atoms with van der Waals surface area (Å²) in [6.07, 6.45) is 5.04. The van der Waals surface area contributed by atoms with E-state index in [4.69, 9.17) is 8.83 Å². The van der Waals surface area contributed by atoms with Crippen LogP contribution in [0.3, 0.4) is 0 Å². The van der Waals surface area contributed by atoms with Gasteiger partial charge in [-0.1, -0.05) is 60.7 Å². The molecule has 0 N–H and O–H groups in total. The molecule has 5 nitrogen and oxygen atoms in total. The lowest BCUT2D eigenvalue weighted by atomic mass is 9.82. The third-order valence-corrected chi connectivity index (χ3v) is 10.4. The van der Waals surface area contributed by atoms with Gasteiger partial charge in [0.15, 0.2) is 5.58 Å². The lowest BCUT2D eigenvalue weighted by Crippen LogP contribution is -2.49. The van der Waals surface area contributed by atoms with Gasteiger partial charge in [0.25, 0.3) is 0 Å². The summed E-state index contributed by atoms with van der Waals surface area (Å²) in [5, 5.41) is 5.61. The second kappa shape index (κ2) is 9.96. The number of benzene rings is 5. The van der Waals surface area contributed by atoms with Crippen LogP contribution < -0.4 is 15.5 Å². The van der Waals surface area contributed by atoms with E-state index in [1.807, 2.05) is 18.3 Å². The van der Waals surface area contributed by atoms with Crippen LogP contribution in [-0.2, 0) is 0 Å². The summed E-state index contributed by atoms with van der Waals surface area (Å²) in [6, 6.07) is 44.7. The van der Waals surface area contributed by atoms with Crippen LogP contribution in [0.5, 0.6) is 0 Å². The highest BCUT2D eigenvalue weighted by atomic mass is 16.3. The molecule has 0 saturated carbocycles. The van der Waals surface area contributed by atoms with Crippen LogP contribution in [0.15, 0.2) is 142 Å². The van der Waals surface area contributed by atoms with E-state index in [1.165, 1.54) is 10.8 Å². The highest BCUT2D eigenvalue weighted by Gasteiger charge is 2.38. The van der Waals surface area contributed by atoms with Crippen LogP contribution >= 0.6 is 0 Å². The normalized spacial score (nSPS) is 16.2. The van der Waals surface area contributed by atoms with Gasteiger partial charge in [0, 0.05) is 44.6 Å². The minimum Gasteiger partial charge on any atom is -0.455 e. The summed E-state index contributed by atoms with van der Waals surface area (Å²) >= 11 is 0. The van der Waals surface area contributed by atoms with Gasteiger partial charge in [-0.25, -0.2) is 0 Å². The maximum absolute atomic E-state index is 7.07. The number of para-hydroxylation sites is 3. The van der Waals surface area contributed by atoms with Crippen molar-refractivity contribution in [2.75, 3.05) is 4.90 Å². The second-order valence-electron chi connectivity index (χ2n) is 13.0. The minimum atomic E-state index is -0.340. The molecule has 1 unspecified atom stereocenters. The topological polar surface area (TPSA) is 47.3 Å². The molecular weight excluding hydrogens is 590 g/mol. The SMILES string of the molecule is CC1=c2oc3c(ccc4c3c3ccccc3n4-c3ccc4oc5cccnc5c4c3)c2=CCC1(C)N(c1ccccc1)c1ccccc1. The summed E-state index contributed by atoms with van der Waals surface area (Å²) in [4.78, 5) is 7.10. The maximum Gasteiger partial charge on any atom is 0.153 e. The molecule has 0 fully saturated rings. The largest absolute Gasteiger partial charge is 0.455 e. The second-order valence-corrected chi connectivity index (χ2v) is 13.0. The Hall–Kier alpha value is -6.07. The van der Waals surface area contributed by atoms with E-state index in [2.05, 4.69) is 150 Å². The Kier molecular flexibility index (Phi) is 5.62. The Bertz CT molecular complexity index is 2800. The fourth-order valence-corrected chi connectivity index (χ4v) is 7.94. The van der Waals surface area contributed by atoms with Crippen LogP contribution in [0.2, 0.25) is 0 Å². The van der Waals surface area contributed by atoms with E-state index >= 15 is 0 Å². The molecule has 230 valence electrons. The molecule has 5 aromatic carbocycles. The van der Waals surface area contributed by atoms with Gasteiger partial charge in [0.1, 0.15) is 22.1 Å². The number of aromatic nitrogens is 2. The zero-order valence-corrected chi connectivity index (χ0v) is 26.6. The van der Waals surface area contributed by atoms with Crippen molar-refractivity contribution in [1.29, 1.82) is 0 Å². The number of nitrogens with zero attached hydrogens (tertiary/aromatic N) is 3. The molecule has 1 aliphatic rings. The van der Waals surface area contributed by atoms with Crippen molar-refractivity contribution in [3.05, 3.63) is 144 Å². The van der Waals surface area contributed by atoms with Crippen LogP contribution in [0.25, 0.3) is 72.2 Å². The van der Waals surface area contributed by atoms with Crippen LogP contribution in [-0.4, -0.2) is 15.1 Å². The molecule has 0 saturated heterocycles. The van der Waals surface area contributed by atoms with E-state index in [0.29, 0.717) is 0 Å². The van der Waals surface area contributed by atoms with E-state index in [-0.39, 0.29) is 5.54 Å². The third-order valence-electron chi connectivity index (χ3n) is 10.4. The van der Waals surface area contributed by atoms with Crippen LogP contribution in [0, 0.1) is 0 Å². The zero-order chi connectivity index (χ0) is 32.0. The van der Waals surface area contributed by atoms with Crippen molar-refractivity contribution < 1.29 is 8.83 Å². The summed E-state index contributed by atoms with van der Waals surface area (Å²) in [5.41, 5.74) is 10.9. The third kappa shape index (κ3) is 3.70. The first-order chi connectivity index (χ1) is 23.6. The Morgan fingerprint density at radius 3 is 2.23 bits per heavy atom. The highest BCUT2D eigenvalue weighted by Crippen LogP contribution is 2.42. The fraction of sp³-hybridized carbons (Fsp3) is 0.0930. The van der Waals surface area contributed by atoms with Crippen LogP contribution in [0.4, 0.5) is 11.4 Å². The van der Waals surface area contributed by atoms with Gasteiger partial charge in [-0.2, -0.15) is 0 Å². The molecule has 1 aliphatic carbocycles. The molecule has 0 amide bonds. The molecule has 5 heteroatoms. The molecule has 10 rings (SSSR count). The average Bonchev–Trinajstić information content (AvgIpc) is 3.80. The maximum atomic E-state index is 7.07. The molecular formula is C43H31N3O2. The van der Waals surface area contributed by atoms with Crippen molar-refractivity contribution in [3.63, 3.8) is 0 Å². The summed E-state index contributed by atoms with van der Waals surface area (Å²) in [5.74, 6) is 0. The Morgan fingerprint density at radius 1 is 0.688 bits per heavy atom. The molecule has 0 bridgehead atoms. The standard InChI is InChI=1S/C43H31N3O2/c1-27-41-32(23-24-43(27,2)46(28-12-5-3-6-13-28)29-14-7-4-8-15-29)31-20-21-36-39(42(31)48-41)33-16-9-10-17-35(33)45(36)30-19-22-37-34(26-30)40-38(47-37)18-11-25-44-40/h3-23,25-26H,24H2,1-2H3. The van der Waals surface area contributed by atoms with Gasteiger partial charge in [0.05, 0.1) is 22.0 Å². The first-order valence-electron chi connectivity index (χ1n) is 16.4. The zero-order valence-electron chi connectivity index (χ0n) is 26.6. The van der Waals surface area contributed by atoms with E-state index in [1.54, 1.807) is 0 Å². The average molecular weight is 622 g/mol. The highest BCUT2D eigenvalue weighted by molar-refractivity contribution is 6.20. The quantitative estimate of drug-likeness (QED) is 0.196.